The van der Waals surface area contributed by atoms with E-state index in [4.69, 9.17) is 11.6 Å². The number of carbonyl (C=O) groups is 1. The molecule has 1 rings (SSSR count). The third-order valence-electron chi connectivity index (χ3n) is 1.88. The fraction of sp³-hybridized carbons (Fsp3) is 0.375. The zero-order chi connectivity index (χ0) is 10.3. The van der Waals surface area contributed by atoms with E-state index in [1.807, 2.05) is 0 Å². The largest absolute Gasteiger partial charge is 0.374 e. The number of ketones is 1. The molecule has 5 heteroatoms. The molecule has 0 saturated carbocycles. The second-order valence-electron chi connectivity index (χ2n) is 2.86. The number of halogens is 2. The third-order valence-corrected chi connectivity index (χ3v) is 2.30. The fourth-order valence-corrected chi connectivity index (χ4v) is 1.27. The lowest BCUT2D eigenvalue weighted by molar-refractivity contribution is -0.141. The van der Waals surface area contributed by atoms with Crippen LogP contribution in [0.3, 0.4) is 0 Å². The van der Waals surface area contributed by atoms with Gasteiger partial charge in [-0.1, -0.05) is 11.6 Å². The Labute approximate surface area is 79.1 Å². The highest BCUT2D eigenvalue weighted by molar-refractivity contribution is 6.27. The Hall–Kier alpha value is -0.710. The lowest BCUT2D eigenvalue weighted by atomic mass is 9.88. The van der Waals surface area contributed by atoms with Gasteiger partial charge in [-0.15, -0.1) is 0 Å². The van der Waals surface area contributed by atoms with Gasteiger partial charge < -0.3 is 10.2 Å². The van der Waals surface area contributed by atoms with Crippen LogP contribution in [-0.2, 0) is 4.79 Å². The number of hydrogen-bond acceptors (Lipinski definition) is 3. The Morgan fingerprint density at radius 2 is 2.15 bits per heavy atom. The summed E-state index contributed by atoms with van der Waals surface area (Å²) in [5, 5.41) is 16.6. The summed E-state index contributed by atoms with van der Waals surface area (Å²) in [4.78, 5) is 10.9. The van der Waals surface area contributed by atoms with Crippen LogP contribution >= 0.6 is 11.6 Å². The minimum absolute atomic E-state index is 0.586. The minimum Gasteiger partial charge on any atom is -0.374 e. The zero-order valence-electron chi connectivity index (χ0n) is 6.79. The van der Waals surface area contributed by atoms with Crippen LogP contribution in [-0.4, -0.2) is 26.7 Å². The van der Waals surface area contributed by atoms with E-state index in [1.165, 1.54) is 0 Å². The Morgan fingerprint density at radius 3 is 2.54 bits per heavy atom. The Kier molecular flexibility index (Phi) is 2.32. The van der Waals surface area contributed by atoms with E-state index in [1.54, 1.807) is 0 Å². The summed E-state index contributed by atoms with van der Waals surface area (Å²) in [7, 11) is 0. The van der Waals surface area contributed by atoms with Gasteiger partial charge in [-0.25, -0.2) is 4.39 Å². The van der Waals surface area contributed by atoms with Crippen molar-refractivity contribution in [3.8, 4) is 0 Å². The second kappa shape index (κ2) is 2.90. The summed E-state index contributed by atoms with van der Waals surface area (Å²) in [5.74, 6) is -1.65. The average Bonchev–Trinajstić information content (AvgIpc) is 1.98. The molecular weight excluding hydrogens is 199 g/mol. The molecule has 72 valence electrons. The van der Waals surface area contributed by atoms with Crippen molar-refractivity contribution < 1.29 is 19.4 Å². The van der Waals surface area contributed by atoms with E-state index >= 15 is 0 Å². The van der Waals surface area contributed by atoms with Gasteiger partial charge in [-0.3, -0.25) is 4.79 Å². The summed E-state index contributed by atoms with van der Waals surface area (Å²) in [6.45, 7) is 1.01. The van der Waals surface area contributed by atoms with Crippen molar-refractivity contribution in [1.29, 1.82) is 0 Å². The number of alkyl halides is 1. The van der Waals surface area contributed by atoms with Gasteiger partial charge in [-0.05, 0) is 25.2 Å². The summed E-state index contributed by atoms with van der Waals surface area (Å²) >= 11 is 5.43. The van der Waals surface area contributed by atoms with Gasteiger partial charge in [0.2, 0.25) is 0 Å². The standard InChI is InChI=1S/C8H8ClFO3/c1-5(11)7(12)4-6(10)2-3-8(7,9)13/h2-4,12-13H,1H3/t7-,8+/m1/s1. The number of carbonyl (C=O) groups excluding carboxylic acids is 1. The van der Waals surface area contributed by atoms with Crippen LogP contribution < -0.4 is 0 Å². The first-order chi connectivity index (χ1) is 5.79. The molecule has 0 spiro atoms. The Morgan fingerprint density at radius 1 is 1.62 bits per heavy atom. The van der Waals surface area contributed by atoms with Crippen LogP contribution in [0.5, 0.6) is 0 Å². The molecule has 13 heavy (non-hydrogen) atoms. The monoisotopic (exact) mass is 206 g/mol. The van der Waals surface area contributed by atoms with Crippen molar-refractivity contribution in [3.05, 3.63) is 24.1 Å². The quantitative estimate of drug-likeness (QED) is 0.620. The SMILES string of the molecule is CC(=O)[C@]1(O)C=C(F)C=C[C@@]1(O)Cl. The highest BCUT2D eigenvalue weighted by atomic mass is 35.5. The normalized spacial score (nSPS) is 38.7. The van der Waals surface area contributed by atoms with Gasteiger partial charge in [0.1, 0.15) is 5.83 Å². The molecule has 0 aromatic heterocycles. The molecule has 1 aliphatic rings. The third kappa shape index (κ3) is 1.52. The van der Waals surface area contributed by atoms with Gasteiger partial charge in [0.15, 0.2) is 16.4 Å². The van der Waals surface area contributed by atoms with Crippen molar-refractivity contribution in [2.24, 2.45) is 0 Å². The molecule has 2 N–H and O–H groups in total. The maximum absolute atomic E-state index is 12.7. The van der Waals surface area contributed by atoms with Crippen molar-refractivity contribution in [2.45, 2.75) is 17.6 Å². The molecule has 0 amide bonds. The van der Waals surface area contributed by atoms with Gasteiger partial charge in [0.05, 0.1) is 0 Å². The molecule has 0 unspecified atom stereocenters. The summed E-state index contributed by atoms with van der Waals surface area (Å²) < 4.78 is 12.7. The molecule has 0 saturated heterocycles. The molecule has 3 nitrogen and oxygen atoms in total. The molecule has 0 radical (unpaired) electrons. The van der Waals surface area contributed by atoms with E-state index < -0.39 is 22.3 Å². The lowest BCUT2D eigenvalue weighted by Crippen LogP contribution is -2.54. The van der Waals surface area contributed by atoms with Gasteiger partial charge in [0.25, 0.3) is 0 Å². The molecule has 0 bridgehead atoms. The zero-order valence-corrected chi connectivity index (χ0v) is 7.55. The fourth-order valence-electron chi connectivity index (χ4n) is 1.01. The van der Waals surface area contributed by atoms with Crippen LogP contribution in [0.4, 0.5) is 4.39 Å². The second-order valence-corrected chi connectivity index (χ2v) is 3.43. The minimum atomic E-state index is -2.40. The van der Waals surface area contributed by atoms with Crippen molar-refractivity contribution in [1.82, 2.24) is 0 Å². The predicted octanol–water partition coefficient (Wildman–Crippen LogP) is 0.657. The smallest absolute Gasteiger partial charge is 0.197 e. The number of rotatable bonds is 1. The highest BCUT2D eigenvalue weighted by Gasteiger charge is 2.50. The topological polar surface area (TPSA) is 57.5 Å². The molecule has 2 atom stereocenters. The predicted molar refractivity (Wildman–Crippen MR) is 44.8 cm³/mol. The highest BCUT2D eigenvalue weighted by Crippen LogP contribution is 2.35. The first kappa shape index (κ1) is 10.4. The number of hydrogen-bond donors (Lipinski definition) is 2. The molecular formula is C8H8ClFO3. The molecule has 0 fully saturated rings. The van der Waals surface area contributed by atoms with Crippen molar-refractivity contribution >= 4 is 17.4 Å². The summed E-state index contributed by atoms with van der Waals surface area (Å²) in [5.41, 5.74) is -2.40. The van der Waals surface area contributed by atoms with Crippen LogP contribution in [0.25, 0.3) is 0 Å². The van der Waals surface area contributed by atoms with Gasteiger partial charge in [-0.2, -0.15) is 0 Å². The first-order valence-electron chi connectivity index (χ1n) is 3.52. The van der Waals surface area contributed by atoms with Crippen LogP contribution in [0.2, 0.25) is 0 Å². The molecule has 0 aliphatic heterocycles. The van der Waals surface area contributed by atoms with Crippen LogP contribution in [0.1, 0.15) is 6.92 Å². The van der Waals surface area contributed by atoms with Crippen LogP contribution in [0, 0.1) is 0 Å². The molecule has 0 heterocycles. The van der Waals surface area contributed by atoms with Gasteiger partial charge >= 0.3 is 0 Å². The summed E-state index contributed by atoms with van der Waals surface area (Å²) in [6, 6.07) is 0. The van der Waals surface area contributed by atoms with E-state index in [9.17, 15) is 19.4 Å². The van der Waals surface area contributed by atoms with E-state index in [-0.39, 0.29) is 0 Å². The molecule has 0 aromatic rings. The first-order valence-corrected chi connectivity index (χ1v) is 3.90. The van der Waals surface area contributed by atoms with E-state index in [2.05, 4.69) is 0 Å². The van der Waals surface area contributed by atoms with Crippen molar-refractivity contribution in [3.63, 3.8) is 0 Å². The Bertz CT molecular complexity index is 309. The Balaban J connectivity index is 3.22. The maximum Gasteiger partial charge on any atom is 0.197 e. The maximum atomic E-state index is 12.7. The number of allylic oxidation sites excluding steroid dienone is 2. The number of aliphatic hydroxyl groups is 2. The lowest BCUT2D eigenvalue weighted by Gasteiger charge is -2.34. The average molecular weight is 207 g/mol. The summed E-state index contributed by atoms with van der Waals surface area (Å²) in [6.07, 6.45) is 2.29. The van der Waals surface area contributed by atoms with Crippen molar-refractivity contribution in [2.75, 3.05) is 0 Å². The molecule has 1 aliphatic carbocycles. The molecule has 0 aromatic carbocycles. The van der Waals surface area contributed by atoms with Crippen LogP contribution in [0.15, 0.2) is 24.1 Å². The number of Topliss-reactive ketones (excluding diaryl/α,β-unsaturated/α-hetero) is 1. The van der Waals surface area contributed by atoms with E-state index in [0.717, 1.165) is 19.1 Å². The van der Waals surface area contributed by atoms with E-state index in [0.29, 0.717) is 6.08 Å². The van der Waals surface area contributed by atoms with Gasteiger partial charge in [0, 0.05) is 0 Å².